The minimum Gasteiger partial charge on any atom is -0.478 e. The number of carboxylic acids is 1. The maximum atomic E-state index is 12.2. The highest BCUT2D eigenvalue weighted by Crippen LogP contribution is 2.15. The fraction of sp³-hybridized carbons (Fsp3) is 0.462. The van der Waals surface area contributed by atoms with Crippen molar-refractivity contribution in [2.24, 2.45) is 5.92 Å². The van der Waals surface area contributed by atoms with Gasteiger partial charge in [0.25, 0.3) is 0 Å². The summed E-state index contributed by atoms with van der Waals surface area (Å²) in [4.78, 5) is 10.8. The Morgan fingerprint density at radius 2 is 2.00 bits per heavy atom. The lowest BCUT2D eigenvalue weighted by Crippen LogP contribution is -2.38. The van der Waals surface area contributed by atoms with Crippen molar-refractivity contribution in [3.05, 3.63) is 29.8 Å². The predicted molar refractivity (Wildman–Crippen MR) is 72.6 cm³/mol. The van der Waals surface area contributed by atoms with Gasteiger partial charge in [-0.05, 0) is 30.5 Å². The van der Waals surface area contributed by atoms with Gasteiger partial charge >= 0.3 is 5.97 Å². The molecule has 0 spiro atoms. The molecule has 1 unspecified atom stereocenters. The fourth-order valence-corrected chi connectivity index (χ4v) is 3.27. The molecule has 19 heavy (non-hydrogen) atoms. The van der Waals surface area contributed by atoms with Crippen molar-refractivity contribution in [3.63, 3.8) is 0 Å². The lowest BCUT2D eigenvalue weighted by molar-refractivity contribution is 0.0696. The summed E-state index contributed by atoms with van der Waals surface area (Å²) in [7, 11) is -3.69. The summed E-state index contributed by atoms with van der Waals surface area (Å²) in [6.45, 7) is 5.77. The van der Waals surface area contributed by atoms with E-state index in [1.807, 2.05) is 20.8 Å². The molecule has 1 aromatic carbocycles. The van der Waals surface area contributed by atoms with Crippen LogP contribution in [0.2, 0.25) is 0 Å². The highest BCUT2D eigenvalue weighted by molar-refractivity contribution is 7.89. The Labute approximate surface area is 113 Å². The molecule has 0 saturated heterocycles. The maximum Gasteiger partial charge on any atom is 0.335 e. The van der Waals surface area contributed by atoms with Crippen LogP contribution in [-0.4, -0.2) is 25.5 Å². The Morgan fingerprint density at radius 1 is 1.37 bits per heavy atom. The number of nitrogens with one attached hydrogen (secondary N) is 1. The molecular formula is C13H19NO4S. The van der Waals surface area contributed by atoms with E-state index in [1.54, 1.807) is 0 Å². The van der Waals surface area contributed by atoms with Crippen molar-refractivity contribution in [3.8, 4) is 0 Å². The van der Waals surface area contributed by atoms with Crippen LogP contribution in [0.3, 0.4) is 0 Å². The normalized spacial score (nSPS) is 13.5. The van der Waals surface area contributed by atoms with Crippen molar-refractivity contribution in [1.82, 2.24) is 4.72 Å². The second-order valence-electron chi connectivity index (χ2n) is 4.71. The molecule has 0 radical (unpaired) electrons. The summed E-state index contributed by atoms with van der Waals surface area (Å²) < 4.78 is 27.0. The molecule has 0 bridgehead atoms. The highest BCUT2D eigenvalue weighted by atomic mass is 32.2. The summed E-state index contributed by atoms with van der Waals surface area (Å²) >= 11 is 0. The number of carboxylic acid groups (broad SMARTS) is 1. The maximum absolute atomic E-state index is 12.2. The number of aromatic carboxylic acids is 1. The molecule has 0 aliphatic heterocycles. The first-order valence-electron chi connectivity index (χ1n) is 6.13. The molecule has 6 heteroatoms. The summed E-state index contributed by atoms with van der Waals surface area (Å²) in [5.74, 6) is -0.976. The first-order chi connectivity index (χ1) is 8.77. The summed E-state index contributed by atoms with van der Waals surface area (Å²) in [5, 5.41) is 8.88. The molecule has 5 nitrogen and oxygen atoms in total. The molecule has 2 N–H and O–H groups in total. The number of sulfonamides is 1. The predicted octanol–water partition coefficient (Wildman–Crippen LogP) is 2.10. The van der Waals surface area contributed by atoms with Gasteiger partial charge in [0.1, 0.15) is 0 Å². The smallest absolute Gasteiger partial charge is 0.335 e. The third kappa shape index (κ3) is 4.04. The second kappa shape index (κ2) is 6.16. The van der Waals surface area contributed by atoms with E-state index in [1.165, 1.54) is 18.2 Å². The minimum atomic E-state index is -3.69. The monoisotopic (exact) mass is 285 g/mol. The molecule has 0 aliphatic rings. The van der Waals surface area contributed by atoms with Gasteiger partial charge in [-0.15, -0.1) is 0 Å². The number of carbonyl (C=O) groups is 1. The van der Waals surface area contributed by atoms with Crippen LogP contribution in [0.4, 0.5) is 0 Å². The van der Waals surface area contributed by atoms with Gasteiger partial charge < -0.3 is 5.11 Å². The third-order valence-corrected chi connectivity index (χ3v) is 4.43. The van der Waals surface area contributed by atoms with E-state index in [0.717, 1.165) is 6.07 Å². The second-order valence-corrected chi connectivity index (χ2v) is 6.43. The van der Waals surface area contributed by atoms with E-state index >= 15 is 0 Å². The molecule has 106 valence electrons. The van der Waals surface area contributed by atoms with Crippen molar-refractivity contribution in [2.45, 2.75) is 38.1 Å². The van der Waals surface area contributed by atoms with E-state index in [-0.39, 0.29) is 22.4 Å². The van der Waals surface area contributed by atoms with E-state index < -0.39 is 16.0 Å². The van der Waals surface area contributed by atoms with Gasteiger partial charge in [-0.1, -0.05) is 26.8 Å². The van der Waals surface area contributed by atoms with Gasteiger partial charge in [0.2, 0.25) is 10.0 Å². The average molecular weight is 285 g/mol. The summed E-state index contributed by atoms with van der Waals surface area (Å²) in [6.07, 6.45) is 0.676. The van der Waals surface area contributed by atoms with Gasteiger partial charge in [0.15, 0.2) is 0 Å². The SMILES string of the molecule is CCC(NS(=O)(=O)c1cccc(C(=O)O)c1)C(C)C. The molecule has 0 saturated carbocycles. The highest BCUT2D eigenvalue weighted by Gasteiger charge is 2.21. The van der Waals surface area contributed by atoms with Crippen molar-refractivity contribution < 1.29 is 18.3 Å². The van der Waals surface area contributed by atoms with Crippen LogP contribution < -0.4 is 4.72 Å². The number of hydrogen-bond donors (Lipinski definition) is 2. The number of hydrogen-bond acceptors (Lipinski definition) is 3. The van der Waals surface area contributed by atoms with Crippen LogP contribution in [0, 0.1) is 5.92 Å². The van der Waals surface area contributed by atoms with Crippen LogP contribution in [0.5, 0.6) is 0 Å². The fourth-order valence-electron chi connectivity index (χ4n) is 1.75. The van der Waals surface area contributed by atoms with Gasteiger partial charge in [-0.3, -0.25) is 0 Å². The van der Waals surface area contributed by atoms with Crippen LogP contribution in [-0.2, 0) is 10.0 Å². The zero-order chi connectivity index (χ0) is 14.6. The lowest BCUT2D eigenvalue weighted by Gasteiger charge is -2.20. The largest absolute Gasteiger partial charge is 0.478 e. The Morgan fingerprint density at radius 3 is 2.47 bits per heavy atom. The lowest BCUT2D eigenvalue weighted by atomic mass is 10.0. The summed E-state index contributed by atoms with van der Waals surface area (Å²) in [5.41, 5.74) is -0.0412. The minimum absolute atomic E-state index is 0.0218. The van der Waals surface area contributed by atoms with Gasteiger partial charge in [-0.2, -0.15) is 0 Å². The van der Waals surface area contributed by atoms with Gasteiger partial charge in [0.05, 0.1) is 10.5 Å². The van der Waals surface area contributed by atoms with Gasteiger partial charge in [0, 0.05) is 6.04 Å². The van der Waals surface area contributed by atoms with Gasteiger partial charge in [-0.25, -0.2) is 17.9 Å². The molecule has 0 fully saturated rings. The number of benzene rings is 1. The quantitative estimate of drug-likeness (QED) is 0.838. The topological polar surface area (TPSA) is 83.5 Å². The molecule has 1 aromatic rings. The molecule has 0 aliphatic carbocycles. The Balaban J connectivity index is 3.06. The van der Waals surface area contributed by atoms with Crippen LogP contribution in [0.1, 0.15) is 37.6 Å². The number of rotatable bonds is 6. The molecule has 0 aromatic heterocycles. The Kier molecular flexibility index (Phi) is 5.08. The van der Waals surface area contributed by atoms with E-state index in [0.29, 0.717) is 6.42 Å². The molecule has 0 amide bonds. The van der Waals surface area contributed by atoms with Crippen LogP contribution in [0.15, 0.2) is 29.2 Å². The van der Waals surface area contributed by atoms with E-state index in [2.05, 4.69) is 4.72 Å². The third-order valence-electron chi connectivity index (χ3n) is 2.94. The molecule has 0 heterocycles. The van der Waals surface area contributed by atoms with Crippen molar-refractivity contribution in [1.29, 1.82) is 0 Å². The van der Waals surface area contributed by atoms with Crippen LogP contribution in [0.25, 0.3) is 0 Å². The van der Waals surface area contributed by atoms with E-state index in [9.17, 15) is 13.2 Å². The van der Waals surface area contributed by atoms with Crippen LogP contribution >= 0.6 is 0 Å². The molecule has 1 rings (SSSR count). The molecule has 1 atom stereocenters. The van der Waals surface area contributed by atoms with E-state index in [4.69, 9.17) is 5.11 Å². The molecular weight excluding hydrogens is 266 g/mol. The standard InChI is InChI=1S/C13H19NO4S/c1-4-12(9(2)3)14-19(17,18)11-7-5-6-10(8-11)13(15)16/h5-9,12,14H,4H2,1-3H3,(H,15,16). The van der Waals surface area contributed by atoms with Crippen molar-refractivity contribution in [2.75, 3.05) is 0 Å². The Hall–Kier alpha value is -1.40. The zero-order valence-corrected chi connectivity index (χ0v) is 12.1. The zero-order valence-electron chi connectivity index (χ0n) is 11.3. The Bertz CT molecular complexity index is 552. The van der Waals surface area contributed by atoms with Crippen molar-refractivity contribution >= 4 is 16.0 Å². The first kappa shape index (κ1) is 15.7. The first-order valence-corrected chi connectivity index (χ1v) is 7.62. The average Bonchev–Trinajstić information content (AvgIpc) is 2.35. The summed E-state index contributed by atoms with van der Waals surface area (Å²) in [6, 6.07) is 5.17.